The minimum Gasteiger partial charge on any atom is -0.269 e. The van der Waals surface area contributed by atoms with E-state index in [2.05, 4.69) is 13.8 Å². The maximum absolute atomic E-state index is 7.84. The standard InChI is InChI=1S/C10H24N2S2/c1-3-5-7-9-13(11)14(12)10-8-6-4-2/h11-12H,3-10H2,1-2H3. The molecule has 0 amide bonds. The maximum Gasteiger partial charge on any atom is 0.0146 e. The van der Waals surface area contributed by atoms with Crippen molar-refractivity contribution < 1.29 is 0 Å². The van der Waals surface area contributed by atoms with E-state index >= 15 is 0 Å². The number of rotatable bonds is 9. The number of hydrogen-bond donors (Lipinski definition) is 2. The Kier molecular flexibility index (Phi) is 10.1. The first-order valence-corrected chi connectivity index (χ1v) is 8.87. The first-order chi connectivity index (χ1) is 6.72. The van der Waals surface area contributed by atoms with E-state index < -0.39 is 0 Å². The molecule has 2 N–H and O–H groups in total. The fourth-order valence-corrected chi connectivity index (χ4v) is 4.42. The van der Waals surface area contributed by atoms with E-state index in [9.17, 15) is 0 Å². The lowest BCUT2D eigenvalue weighted by atomic mass is 10.3. The van der Waals surface area contributed by atoms with Crippen LogP contribution in [0.4, 0.5) is 0 Å². The first-order valence-electron chi connectivity index (χ1n) is 5.57. The molecule has 0 aromatic carbocycles. The van der Waals surface area contributed by atoms with Gasteiger partial charge in [-0.25, -0.2) is 0 Å². The molecule has 0 rings (SSSR count). The second kappa shape index (κ2) is 9.84. The van der Waals surface area contributed by atoms with Crippen LogP contribution in [0.2, 0.25) is 0 Å². The highest BCUT2D eigenvalue weighted by molar-refractivity contribution is 8.61. The van der Waals surface area contributed by atoms with Crippen LogP contribution in [0.3, 0.4) is 0 Å². The van der Waals surface area contributed by atoms with E-state index in [1.807, 2.05) is 0 Å². The summed E-state index contributed by atoms with van der Waals surface area (Å²) in [6.07, 6.45) is 7.21. The zero-order valence-electron chi connectivity index (χ0n) is 9.47. The summed E-state index contributed by atoms with van der Waals surface area (Å²) in [5.41, 5.74) is 0. The summed E-state index contributed by atoms with van der Waals surface area (Å²) in [5, 5.41) is 0. The van der Waals surface area contributed by atoms with Crippen LogP contribution in [0.25, 0.3) is 0 Å². The molecule has 0 spiro atoms. The summed E-state index contributed by atoms with van der Waals surface area (Å²) < 4.78 is 15.7. The van der Waals surface area contributed by atoms with Gasteiger partial charge in [-0.2, -0.15) is 0 Å². The lowest BCUT2D eigenvalue weighted by molar-refractivity contribution is 0.776. The molecule has 2 nitrogen and oxygen atoms in total. The normalized spacial score (nSPS) is 15.3. The van der Waals surface area contributed by atoms with Gasteiger partial charge >= 0.3 is 0 Å². The van der Waals surface area contributed by atoms with Gasteiger partial charge in [0.15, 0.2) is 0 Å². The highest BCUT2D eigenvalue weighted by Gasteiger charge is 2.00. The topological polar surface area (TPSA) is 47.7 Å². The van der Waals surface area contributed by atoms with Gasteiger partial charge in [-0.1, -0.05) is 39.5 Å². The fourth-order valence-electron chi connectivity index (χ4n) is 1.17. The summed E-state index contributed by atoms with van der Waals surface area (Å²) in [6, 6.07) is 0. The highest BCUT2D eigenvalue weighted by Crippen LogP contribution is 2.05. The summed E-state index contributed by atoms with van der Waals surface area (Å²) in [4.78, 5) is 0. The Hall–Kier alpha value is 0.300. The Morgan fingerprint density at radius 3 is 1.36 bits per heavy atom. The molecule has 14 heavy (non-hydrogen) atoms. The molecule has 0 heterocycles. The van der Waals surface area contributed by atoms with E-state index in [1.54, 1.807) is 0 Å². The van der Waals surface area contributed by atoms with E-state index in [0.717, 1.165) is 24.3 Å². The molecule has 0 aliphatic carbocycles. The minimum absolute atomic E-state index is 0.375. The van der Waals surface area contributed by atoms with Crippen LogP contribution in [0.15, 0.2) is 0 Å². The predicted molar refractivity (Wildman–Crippen MR) is 69.0 cm³/mol. The molecule has 0 radical (unpaired) electrons. The van der Waals surface area contributed by atoms with Gasteiger partial charge in [0.2, 0.25) is 0 Å². The second-order valence-corrected chi connectivity index (χ2v) is 8.13. The molecular formula is C10H24N2S2. The first kappa shape index (κ1) is 14.3. The summed E-state index contributed by atoms with van der Waals surface area (Å²) >= 11 is 0. The molecule has 0 bridgehead atoms. The average Bonchev–Trinajstić information content (AvgIpc) is 2.18. The van der Waals surface area contributed by atoms with Gasteiger partial charge in [0.25, 0.3) is 0 Å². The Balaban J connectivity index is 3.50. The van der Waals surface area contributed by atoms with Crippen LogP contribution in [0.1, 0.15) is 52.4 Å². The Morgan fingerprint density at radius 2 is 1.07 bits per heavy atom. The third-order valence-electron chi connectivity index (χ3n) is 2.11. The third-order valence-corrected chi connectivity index (χ3v) is 6.37. The molecule has 0 aromatic heterocycles. The number of hydrogen-bond acceptors (Lipinski definition) is 2. The molecule has 4 heteroatoms. The van der Waals surface area contributed by atoms with Gasteiger partial charge in [-0.15, -0.1) is 0 Å². The highest BCUT2D eigenvalue weighted by atomic mass is 33.1. The van der Waals surface area contributed by atoms with Crippen molar-refractivity contribution >= 4 is 19.4 Å². The number of unbranched alkanes of at least 4 members (excludes halogenated alkanes) is 4. The molecule has 86 valence electrons. The fraction of sp³-hybridized carbons (Fsp3) is 1.00. The van der Waals surface area contributed by atoms with E-state index in [1.165, 1.54) is 25.7 Å². The molecule has 2 unspecified atom stereocenters. The molecule has 0 saturated heterocycles. The van der Waals surface area contributed by atoms with Gasteiger partial charge in [0, 0.05) is 11.5 Å². The Labute approximate surface area is 93.1 Å². The molecule has 0 fully saturated rings. The molecule has 2 atom stereocenters. The van der Waals surface area contributed by atoms with Gasteiger partial charge in [-0.3, -0.25) is 9.56 Å². The van der Waals surface area contributed by atoms with Crippen LogP contribution >= 0.6 is 0 Å². The average molecular weight is 236 g/mol. The monoisotopic (exact) mass is 236 g/mol. The van der Waals surface area contributed by atoms with Crippen molar-refractivity contribution in [1.29, 1.82) is 9.56 Å². The smallest absolute Gasteiger partial charge is 0.0146 e. The lowest BCUT2D eigenvalue weighted by Gasteiger charge is -2.07. The van der Waals surface area contributed by atoms with Gasteiger partial charge in [0.05, 0.1) is 0 Å². The van der Waals surface area contributed by atoms with Crippen molar-refractivity contribution in [3.05, 3.63) is 0 Å². The van der Waals surface area contributed by atoms with Gasteiger partial charge in [-0.05, 0) is 32.3 Å². The van der Waals surface area contributed by atoms with E-state index in [-0.39, 0.29) is 19.4 Å². The largest absolute Gasteiger partial charge is 0.269 e. The van der Waals surface area contributed by atoms with Crippen molar-refractivity contribution in [1.82, 2.24) is 0 Å². The van der Waals surface area contributed by atoms with Gasteiger partial charge in [0.1, 0.15) is 0 Å². The van der Waals surface area contributed by atoms with Crippen molar-refractivity contribution in [3.63, 3.8) is 0 Å². The molecule has 0 aliphatic rings. The van der Waals surface area contributed by atoms with E-state index in [0.29, 0.717) is 0 Å². The quantitative estimate of drug-likeness (QED) is 0.448. The molecule has 0 aromatic rings. The minimum atomic E-state index is -0.375. The summed E-state index contributed by atoms with van der Waals surface area (Å²) in [6.45, 7) is 4.37. The van der Waals surface area contributed by atoms with Crippen molar-refractivity contribution in [2.75, 3.05) is 11.5 Å². The Bertz CT molecular complexity index is 161. The van der Waals surface area contributed by atoms with E-state index in [4.69, 9.17) is 9.56 Å². The summed E-state index contributed by atoms with van der Waals surface area (Å²) in [7, 11) is -0.751. The molecular weight excluding hydrogens is 212 g/mol. The maximum atomic E-state index is 7.84. The zero-order valence-corrected chi connectivity index (χ0v) is 11.1. The predicted octanol–water partition coefficient (Wildman–Crippen LogP) is 4.04. The van der Waals surface area contributed by atoms with Crippen LogP contribution in [0.5, 0.6) is 0 Å². The van der Waals surface area contributed by atoms with Crippen molar-refractivity contribution in [3.8, 4) is 0 Å². The van der Waals surface area contributed by atoms with Crippen molar-refractivity contribution in [2.24, 2.45) is 0 Å². The van der Waals surface area contributed by atoms with Crippen LogP contribution in [0, 0.1) is 9.56 Å². The van der Waals surface area contributed by atoms with Crippen molar-refractivity contribution in [2.45, 2.75) is 52.4 Å². The van der Waals surface area contributed by atoms with Crippen LogP contribution in [-0.4, -0.2) is 11.5 Å². The van der Waals surface area contributed by atoms with Crippen LogP contribution < -0.4 is 0 Å². The molecule has 0 saturated carbocycles. The SMILES string of the molecule is CCCCCS(=N)S(=N)CCCCC. The second-order valence-electron chi connectivity index (χ2n) is 3.51. The number of nitrogens with one attached hydrogen (secondary N) is 2. The zero-order chi connectivity index (χ0) is 10.8. The van der Waals surface area contributed by atoms with Crippen LogP contribution in [-0.2, 0) is 19.4 Å². The lowest BCUT2D eigenvalue weighted by Crippen LogP contribution is -2.05. The Morgan fingerprint density at radius 1 is 0.714 bits per heavy atom. The van der Waals surface area contributed by atoms with Gasteiger partial charge < -0.3 is 0 Å². The third kappa shape index (κ3) is 7.68. The molecule has 0 aliphatic heterocycles. The summed E-state index contributed by atoms with van der Waals surface area (Å²) in [5.74, 6) is 1.93.